The smallest absolute Gasteiger partial charge is 0.238 e. The van der Waals surface area contributed by atoms with Crippen LogP contribution in [-0.4, -0.2) is 43.2 Å². The van der Waals surface area contributed by atoms with Crippen LogP contribution in [0.15, 0.2) is 48.5 Å². The summed E-state index contributed by atoms with van der Waals surface area (Å²) < 4.78 is 24.6. The highest BCUT2D eigenvalue weighted by molar-refractivity contribution is 5.92. The fraction of sp³-hybridized carbons (Fsp3) is 0.381. The summed E-state index contributed by atoms with van der Waals surface area (Å²) in [6.45, 7) is 4.45. The number of carbonyl (C=O) groups excluding carboxylic acids is 1. The third-order valence-corrected chi connectivity index (χ3v) is 4.47. The van der Waals surface area contributed by atoms with Gasteiger partial charge in [0, 0.05) is 18.8 Å². The van der Waals surface area contributed by atoms with E-state index in [9.17, 15) is 9.18 Å². The van der Waals surface area contributed by atoms with E-state index in [4.69, 9.17) is 9.47 Å². The van der Waals surface area contributed by atoms with E-state index < -0.39 is 0 Å². The Labute approximate surface area is 159 Å². The van der Waals surface area contributed by atoms with E-state index in [0.717, 1.165) is 37.4 Å². The van der Waals surface area contributed by atoms with Crippen molar-refractivity contribution >= 4 is 11.6 Å². The molecule has 0 saturated carbocycles. The number of nitrogens with zero attached hydrogens (tertiary/aromatic N) is 1. The quantitative estimate of drug-likeness (QED) is 0.805. The molecule has 1 amide bonds. The molecule has 1 saturated heterocycles. The number of benzene rings is 2. The number of hydrogen-bond acceptors (Lipinski definition) is 4. The van der Waals surface area contributed by atoms with Crippen LogP contribution in [0.4, 0.5) is 10.1 Å². The molecule has 3 rings (SSSR count). The van der Waals surface area contributed by atoms with Crippen molar-refractivity contribution in [3.63, 3.8) is 0 Å². The fourth-order valence-corrected chi connectivity index (χ4v) is 3.12. The fourth-order valence-electron chi connectivity index (χ4n) is 3.12. The molecule has 0 unspecified atom stereocenters. The molecule has 5 nitrogen and oxygen atoms in total. The number of amides is 1. The van der Waals surface area contributed by atoms with E-state index in [2.05, 4.69) is 10.2 Å². The van der Waals surface area contributed by atoms with Crippen LogP contribution in [0.3, 0.4) is 0 Å². The van der Waals surface area contributed by atoms with Crippen molar-refractivity contribution in [1.29, 1.82) is 0 Å². The topological polar surface area (TPSA) is 50.8 Å². The minimum atomic E-state index is -0.319. The molecule has 2 aromatic rings. The van der Waals surface area contributed by atoms with Crippen molar-refractivity contribution in [2.75, 3.05) is 31.6 Å². The predicted molar refractivity (Wildman–Crippen MR) is 103 cm³/mol. The van der Waals surface area contributed by atoms with Gasteiger partial charge in [-0.2, -0.15) is 0 Å². The van der Waals surface area contributed by atoms with Crippen LogP contribution in [0, 0.1) is 5.82 Å². The maximum atomic E-state index is 12.9. The number of hydrogen-bond donors (Lipinski definition) is 1. The summed E-state index contributed by atoms with van der Waals surface area (Å²) in [6, 6.07) is 13.5. The van der Waals surface area contributed by atoms with Gasteiger partial charge in [-0.15, -0.1) is 0 Å². The minimum Gasteiger partial charge on any atom is -0.490 e. The number of rotatable bonds is 7. The van der Waals surface area contributed by atoms with Crippen LogP contribution in [0.2, 0.25) is 0 Å². The molecule has 27 heavy (non-hydrogen) atoms. The third kappa shape index (κ3) is 5.69. The summed E-state index contributed by atoms with van der Waals surface area (Å²) in [7, 11) is 0. The first-order valence-corrected chi connectivity index (χ1v) is 9.30. The third-order valence-electron chi connectivity index (χ3n) is 4.47. The van der Waals surface area contributed by atoms with Gasteiger partial charge in [0.1, 0.15) is 11.9 Å². The molecule has 0 aliphatic carbocycles. The summed E-state index contributed by atoms with van der Waals surface area (Å²) in [5.74, 6) is 1.12. The maximum absolute atomic E-state index is 12.9. The standard InChI is InChI=1S/C21H25FN2O3/c1-2-26-19-5-3-4-6-20(19)27-18-11-13-24(14-12-18)15-21(25)23-17-9-7-16(22)8-10-17/h3-10,18H,2,11-15H2,1H3,(H,23,25). The number of halogens is 1. The molecule has 0 atom stereocenters. The molecule has 1 aliphatic rings. The van der Waals surface area contributed by atoms with Gasteiger partial charge in [-0.05, 0) is 56.2 Å². The molecule has 1 fully saturated rings. The second-order valence-corrected chi connectivity index (χ2v) is 6.53. The zero-order valence-electron chi connectivity index (χ0n) is 15.5. The van der Waals surface area contributed by atoms with Gasteiger partial charge in [0.2, 0.25) is 5.91 Å². The van der Waals surface area contributed by atoms with Crippen molar-refractivity contribution < 1.29 is 18.7 Å². The Balaban J connectivity index is 1.45. The average Bonchev–Trinajstić information content (AvgIpc) is 2.67. The van der Waals surface area contributed by atoms with Gasteiger partial charge in [-0.25, -0.2) is 4.39 Å². The Hall–Kier alpha value is -2.60. The van der Waals surface area contributed by atoms with Gasteiger partial charge < -0.3 is 14.8 Å². The van der Waals surface area contributed by atoms with E-state index in [1.54, 1.807) is 12.1 Å². The lowest BCUT2D eigenvalue weighted by molar-refractivity contribution is -0.117. The lowest BCUT2D eigenvalue weighted by Gasteiger charge is -2.32. The molecule has 6 heteroatoms. The predicted octanol–water partition coefficient (Wildman–Crippen LogP) is 3.71. The lowest BCUT2D eigenvalue weighted by Crippen LogP contribution is -2.42. The van der Waals surface area contributed by atoms with Gasteiger partial charge in [0.15, 0.2) is 11.5 Å². The van der Waals surface area contributed by atoms with Gasteiger partial charge in [0.05, 0.1) is 13.2 Å². The average molecular weight is 372 g/mol. The number of anilines is 1. The highest BCUT2D eigenvalue weighted by Crippen LogP contribution is 2.29. The summed E-state index contributed by atoms with van der Waals surface area (Å²) in [5.41, 5.74) is 0.604. The molecule has 0 aromatic heterocycles. The Morgan fingerprint density at radius 3 is 2.44 bits per heavy atom. The highest BCUT2D eigenvalue weighted by Gasteiger charge is 2.23. The van der Waals surface area contributed by atoms with Gasteiger partial charge in [-0.1, -0.05) is 12.1 Å². The van der Waals surface area contributed by atoms with Crippen LogP contribution in [0.25, 0.3) is 0 Å². The zero-order chi connectivity index (χ0) is 19.1. The molecule has 2 aromatic carbocycles. The van der Waals surface area contributed by atoms with E-state index in [1.165, 1.54) is 12.1 Å². The Morgan fingerprint density at radius 2 is 1.78 bits per heavy atom. The van der Waals surface area contributed by atoms with Gasteiger partial charge >= 0.3 is 0 Å². The molecule has 1 N–H and O–H groups in total. The van der Waals surface area contributed by atoms with Crippen LogP contribution in [-0.2, 0) is 4.79 Å². The van der Waals surface area contributed by atoms with E-state index >= 15 is 0 Å². The second kappa shape index (κ2) is 9.37. The Kier molecular flexibility index (Phi) is 6.65. The molecular formula is C21H25FN2O3. The lowest BCUT2D eigenvalue weighted by atomic mass is 10.1. The zero-order valence-corrected chi connectivity index (χ0v) is 15.5. The largest absolute Gasteiger partial charge is 0.490 e. The van der Waals surface area contributed by atoms with Crippen LogP contribution in [0.1, 0.15) is 19.8 Å². The number of piperidine rings is 1. The van der Waals surface area contributed by atoms with Gasteiger partial charge in [-0.3, -0.25) is 9.69 Å². The molecule has 1 heterocycles. The maximum Gasteiger partial charge on any atom is 0.238 e. The molecular weight excluding hydrogens is 347 g/mol. The van der Waals surface area contributed by atoms with Crippen molar-refractivity contribution in [3.8, 4) is 11.5 Å². The molecule has 0 spiro atoms. The normalized spacial score (nSPS) is 15.3. The van der Waals surface area contributed by atoms with Crippen LogP contribution in [0.5, 0.6) is 11.5 Å². The van der Waals surface area contributed by atoms with Gasteiger partial charge in [0.25, 0.3) is 0 Å². The first-order valence-electron chi connectivity index (χ1n) is 9.30. The van der Waals surface area contributed by atoms with E-state index in [-0.39, 0.29) is 17.8 Å². The molecule has 1 aliphatic heterocycles. The van der Waals surface area contributed by atoms with E-state index in [1.807, 2.05) is 31.2 Å². The molecule has 144 valence electrons. The Bertz CT molecular complexity index is 743. The number of nitrogens with one attached hydrogen (secondary N) is 1. The molecule has 0 bridgehead atoms. The Morgan fingerprint density at radius 1 is 1.11 bits per heavy atom. The van der Waals surface area contributed by atoms with Crippen LogP contribution >= 0.6 is 0 Å². The van der Waals surface area contributed by atoms with Crippen molar-refractivity contribution in [2.24, 2.45) is 0 Å². The van der Waals surface area contributed by atoms with Crippen molar-refractivity contribution in [1.82, 2.24) is 4.90 Å². The first-order chi connectivity index (χ1) is 13.1. The monoisotopic (exact) mass is 372 g/mol. The van der Waals surface area contributed by atoms with Crippen molar-refractivity contribution in [2.45, 2.75) is 25.9 Å². The molecule has 0 radical (unpaired) electrons. The number of para-hydroxylation sites is 2. The summed E-state index contributed by atoms with van der Waals surface area (Å²) in [6.07, 6.45) is 1.82. The SMILES string of the molecule is CCOc1ccccc1OC1CCN(CC(=O)Nc2ccc(F)cc2)CC1. The summed E-state index contributed by atoms with van der Waals surface area (Å²) in [5, 5.41) is 2.79. The summed E-state index contributed by atoms with van der Waals surface area (Å²) in [4.78, 5) is 14.3. The first kappa shape index (κ1) is 19.2. The number of likely N-dealkylation sites (tertiary alicyclic amines) is 1. The highest BCUT2D eigenvalue weighted by atomic mass is 19.1. The van der Waals surface area contributed by atoms with E-state index in [0.29, 0.717) is 18.8 Å². The summed E-state index contributed by atoms with van der Waals surface area (Å²) >= 11 is 0. The number of carbonyl (C=O) groups is 1. The van der Waals surface area contributed by atoms with Crippen LogP contribution < -0.4 is 14.8 Å². The number of ether oxygens (including phenoxy) is 2. The second-order valence-electron chi connectivity index (χ2n) is 6.53. The minimum absolute atomic E-state index is 0.0948. The van der Waals surface area contributed by atoms with Crippen molar-refractivity contribution in [3.05, 3.63) is 54.3 Å².